The second kappa shape index (κ2) is 8.92. The molecule has 3 atom stereocenters. The number of aliphatic hydroxyl groups is 3. The van der Waals surface area contributed by atoms with Crippen LogP contribution in [0.15, 0.2) is 53.0 Å². The number of hydrogen-bond acceptors (Lipinski definition) is 9. The summed E-state index contributed by atoms with van der Waals surface area (Å²) in [5, 5.41) is 53.8. The monoisotopic (exact) mass is 530 g/mol. The van der Waals surface area contributed by atoms with Gasteiger partial charge in [0.05, 0.1) is 11.1 Å². The summed E-state index contributed by atoms with van der Waals surface area (Å²) >= 11 is 0. The second-order valence-electron chi connectivity index (χ2n) is 10.3. The first-order valence-electron chi connectivity index (χ1n) is 12.2. The van der Waals surface area contributed by atoms with Gasteiger partial charge in [-0.2, -0.15) is 0 Å². The molecule has 2 aromatic rings. The number of aromatic hydroxyl groups is 2. The number of Topliss-reactive ketones (excluding diaryl/α,β-unsaturated/α-hetero) is 2. The predicted molar refractivity (Wildman–Crippen MR) is 139 cm³/mol. The first kappa shape index (κ1) is 25.9. The quantitative estimate of drug-likeness (QED) is 0.249. The van der Waals surface area contributed by atoms with Crippen molar-refractivity contribution in [3.63, 3.8) is 0 Å². The van der Waals surface area contributed by atoms with E-state index in [-0.39, 0.29) is 41.7 Å². The number of allylic oxidation sites excluding steroid dienone is 2. The van der Waals surface area contributed by atoms with Gasteiger partial charge in [-0.3, -0.25) is 14.4 Å². The van der Waals surface area contributed by atoms with Gasteiger partial charge in [0.25, 0.3) is 5.91 Å². The molecule has 1 unspecified atom stereocenters. The molecule has 1 amide bonds. The third-order valence-corrected chi connectivity index (χ3v) is 7.71. The molecule has 200 valence electrons. The van der Waals surface area contributed by atoms with Gasteiger partial charge in [0, 0.05) is 43.3 Å². The van der Waals surface area contributed by atoms with Gasteiger partial charge in [-0.05, 0) is 48.6 Å². The fraction of sp³-hybridized carbons (Fsp3) is 0.276. The van der Waals surface area contributed by atoms with Crippen LogP contribution in [-0.2, 0) is 16.0 Å². The van der Waals surface area contributed by atoms with Crippen molar-refractivity contribution < 1.29 is 39.9 Å². The lowest BCUT2D eigenvalue weighted by Gasteiger charge is -2.45. The third kappa shape index (κ3) is 3.82. The van der Waals surface area contributed by atoms with Crippen molar-refractivity contribution in [2.75, 3.05) is 19.0 Å². The Morgan fingerprint density at radius 2 is 1.79 bits per heavy atom. The van der Waals surface area contributed by atoms with E-state index in [4.69, 9.17) is 5.73 Å². The standard InChI is InChI=1S/C29H26N2O8/c1-31(2)19-11-14(7-6-13-4-3-5-17(32)8-13)24(34)22-18(19)10-15-9-16-12-20(33)23(28(30)38)27(37)29(16,39)26(36)21(15)25(22)35/h3-5,8,11,15-16,32-34,36,39H,9-10,12H2,1-2H3,(H2,30,38)/t15?,16-,29-/m0/s1. The van der Waals surface area contributed by atoms with E-state index < -0.39 is 57.8 Å². The number of fused-ring (bicyclic) bond motifs is 3. The van der Waals surface area contributed by atoms with Crippen LogP contribution in [0.1, 0.15) is 39.9 Å². The average Bonchev–Trinajstić information content (AvgIpc) is 2.85. The van der Waals surface area contributed by atoms with Crippen LogP contribution in [0.2, 0.25) is 0 Å². The predicted octanol–water partition coefficient (Wildman–Crippen LogP) is 1.75. The molecule has 0 fully saturated rings. The maximum atomic E-state index is 13.9. The van der Waals surface area contributed by atoms with E-state index in [1.807, 2.05) is 0 Å². The fourth-order valence-corrected chi connectivity index (χ4v) is 5.88. The normalized spacial score (nSPS) is 23.9. The molecule has 5 rings (SSSR count). The maximum Gasteiger partial charge on any atom is 0.255 e. The number of phenolic OH excluding ortho intramolecular Hbond substituents is 2. The molecule has 39 heavy (non-hydrogen) atoms. The van der Waals surface area contributed by atoms with Crippen LogP contribution in [0.5, 0.6) is 11.5 Å². The molecule has 2 aromatic carbocycles. The van der Waals surface area contributed by atoms with Gasteiger partial charge in [-0.25, -0.2) is 0 Å². The number of benzene rings is 2. The fourth-order valence-electron chi connectivity index (χ4n) is 5.88. The lowest BCUT2D eigenvalue weighted by Crippen LogP contribution is -2.57. The van der Waals surface area contributed by atoms with Crippen molar-refractivity contribution in [1.29, 1.82) is 0 Å². The Morgan fingerprint density at radius 3 is 2.44 bits per heavy atom. The smallest absolute Gasteiger partial charge is 0.255 e. The summed E-state index contributed by atoms with van der Waals surface area (Å²) in [4.78, 5) is 40.6. The van der Waals surface area contributed by atoms with Gasteiger partial charge in [0.1, 0.15) is 28.6 Å². The number of rotatable bonds is 2. The minimum absolute atomic E-state index is 0.0162. The molecular weight excluding hydrogens is 504 g/mol. The highest BCUT2D eigenvalue weighted by Gasteiger charge is 2.59. The zero-order valence-corrected chi connectivity index (χ0v) is 21.1. The largest absolute Gasteiger partial charge is 0.511 e. The van der Waals surface area contributed by atoms with Crippen LogP contribution in [0.4, 0.5) is 5.69 Å². The van der Waals surface area contributed by atoms with Gasteiger partial charge >= 0.3 is 0 Å². The summed E-state index contributed by atoms with van der Waals surface area (Å²) in [6, 6.07) is 7.86. The molecule has 10 nitrogen and oxygen atoms in total. The topological polar surface area (TPSA) is 182 Å². The Kier molecular flexibility index (Phi) is 5.92. The van der Waals surface area contributed by atoms with Crippen LogP contribution in [0.3, 0.4) is 0 Å². The van der Waals surface area contributed by atoms with Crippen molar-refractivity contribution in [3.05, 3.63) is 75.3 Å². The van der Waals surface area contributed by atoms with Crippen LogP contribution in [0, 0.1) is 23.7 Å². The van der Waals surface area contributed by atoms with Crippen molar-refractivity contribution in [2.45, 2.75) is 24.9 Å². The molecule has 0 bridgehead atoms. The van der Waals surface area contributed by atoms with E-state index >= 15 is 0 Å². The zero-order chi connectivity index (χ0) is 28.4. The SMILES string of the molecule is CN(C)c1cc(C#Cc2cccc(O)c2)c(O)c2c1CC1C[C@H]3CC(O)=C(C(N)=O)C(=O)[C@@]3(O)C(O)=C1C2=O. The van der Waals surface area contributed by atoms with Crippen molar-refractivity contribution >= 4 is 23.2 Å². The van der Waals surface area contributed by atoms with Crippen LogP contribution in [0.25, 0.3) is 0 Å². The lowest BCUT2D eigenvalue weighted by molar-refractivity contribution is -0.144. The number of nitrogens with two attached hydrogens (primary N) is 1. The number of hydrogen-bond donors (Lipinski definition) is 6. The molecular formula is C29H26N2O8. The van der Waals surface area contributed by atoms with Gasteiger partial charge in [-0.1, -0.05) is 17.9 Å². The highest BCUT2D eigenvalue weighted by Crippen LogP contribution is 2.52. The Bertz CT molecular complexity index is 1610. The highest BCUT2D eigenvalue weighted by molar-refractivity contribution is 6.24. The van der Waals surface area contributed by atoms with E-state index in [1.54, 1.807) is 37.2 Å². The number of ketones is 2. The van der Waals surface area contributed by atoms with E-state index in [1.165, 1.54) is 12.1 Å². The number of aliphatic hydroxyl groups excluding tert-OH is 2. The van der Waals surface area contributed by atoms with Crippen LogP contribution >= 0.6 is 0 Å². The van der Waals surface area contributed by atoms with Crippen LogP contribution < -0.4 is 10.6 Å². The maximum absolute atomic E-state index is 13.9. The molecule has 0 saturated carbocycles. The highest BCUT2D eigenvalue weighted by atomic mass is 16.3. The third-order valence-electron chi connectivity index (χ3n) is 7.71. The van der Waals surface area contributed by atoms with E-state index in [2.05, 4.69) is 11.8 Å². The number of amides is 1. The van der Waals surface area contributed by atoms with Crippen LogP contribution in [-0.4, -0.2) is 62.7 Å². The van der Waals surface area contributed by atoms with Gasteiger partial charge < -0.3 is 36.2 Å². The molecule has 0 aromatic heterocycles. The first-order valence-corrected chi connectivity index (χ1v) is 12.2. The average molecular weight is 531 g/mol. The zero-order valence-electron chi connectivity index (χ0n) is 21.1. The summed E-state index contributed by atoms with van der Waals surface area (Å²) in [6.45, 7) is 0. The Morgan fingerprint density at radius 1 is 1.08 bits per heavy atom. The van der Waals surface area contributed by atoms with E-state index in [0.717, 1.165) is 0 Å². The van der Waals surface area contributed by atoms with Crippen molar-refractivity contribution in [2.24, 2.45) is 17.6 Å². The minimum Gasteiger partial charge on any atom is -0.511 e. The number of phenols is 2. The molecule has 0 heterocycles. The van der Waals surface area contributed by atoms with E-state index in [0.29, 0.717) is 16.8 Å². The lowest BCUT2D eigenvalue weighted by atomic mass is 9.60. The Hall–Kier alpha value is -4.75. The number of nitrogens with zero attached hydrogens (tertiary/aromatic N) is 1. The molecule has 0 radical (unpaired) electrons. The number of carbonyl (C=O) groups is 3. The molecule has 0 aliphatic heterocycles. The molecule has 0 spiro atoms. The molecule has 7 N–H and O–H groups in total. The molecule has 3 aliphatic rings. The van der Waals surface area contributed by atoms with Crippen molar-refractivity contribution in [3.8, 4) is 23.3 Å². The second-order valence-corrected chi connectivity index (χ2v) is 10.3. The van der Waals surface area contributed by atoms with Gasteiger partial charge in [0.2, 0.25) is 5.78 Å². The number of carbonyl (C=O) groups excluding carboxylic acids is 3. The van der Waals surface area contributed by atoms with Crippen molar-refractivity contribution in [1.82, 2.24) is 0 Å². The summed E-state index contributed by atoms with van der Waals surface area (Å²) in [6.07, 6.45) is -0.0455. The number of primary amides is 1. The minimum atomic E-state index is -2.62. The molecule has 0 saturated heterocycles. The summed E-state index contributed by atoms with van der Waals surface area (Å²) in [7, 11) is 3.53. The number of anilines is 1. The van der Waals surface area contributed by atoms with E-state index in [9.17, 15) is 39.9 Å². The first-order chi connectivity index (χ1) is 18.4. The molecule has 10 heteroatoms. The Balaban J connectivity index is 1.68. The molecule has 3 aliphatic carbocycles. The Labute approximate surface area is 223 Å². The van der Waals surface area contributed by atoms with Gasteiger partial charge in [-0.15, -0.1) is 0 Å². The summed E-state index contributed by atoms with van der Waals surface area (Å²) < 4.78 is 0. The summed E-state index contributed by atoms with van der Waals surface area (Å²) in [5.41, 5.74) is 3.17. The van der Waals surface area contributed by atoms with Gasteiger partial charge in [0.15, 0.2) is 11.4 Å². The summed E-state index contributed by atoms with van der Waals surface area (Å²) in [5.74, 6) is -1.14.